The van der Waals surface area contributed by atoms with Crippen LogP contribution in [-0.4, -0.2) is 38.0 Å². The summed E-state index contributed by atoms with van der Waals surface area (Å²) in [6.45, 7) is 3.05. The lowest BCUT2D eigenvalue weighted by atomic mass is 10.3. The summed E-state index contributed by atoms with van der Waals surface area (Å²) in [5.74, 6) is 7.05. The van der Waals surface area contributed by atoms with Crippen molar-refractivity contribution < 1.29 is 14.6 Å². The Hall–Kier alpha value is -1.70. The molecule has 1 rings (SSSR count). The first kappa shape index (κ1) is 14.4. The van der Waals surface area contributed by atoms with E-state index in [1.165, 1.54) is 0 Å². The monoisotopic (exact) mass is 249 g/mol. The normalized spacial score (nSPS) is 11.3. The Kier molecular flexibility index (Phi) is 6.70. The predicted molar refractivity (Wildman–Crippen MR) is 70.8 cm³/mol. The van der Waals surface area contributed by atoms with Gasteiger partial charge in [0.05, 0.1) is 13.7 Å². The summed E-state index contributed by atoms with van der Waals surface area (Å²) in [6, 6.07) is 7.29. The molecule has 4 nitrogen and oxygen atoms in total. The zero-order chi connectivity index (χ0) is 13.2. The molecule has 4 heteroatoms. The molecule has 0 radical (unpaired) electrons. The average Bonchev–Trinajstić information content (AvgIpc) is 2.41. The highest BCUT2D eigenvalue weighted by molar-refractivity contribution is 5.32. The minimum atomic E-state index is -0.560. The molecule has 0 saturated heterocycles. The van der Waals surface area contributed by atoms with Crippen LogP contribution in [0.2, 0.25) is 0 Å². The molecule has 0 aliphatic rings. The second kappa shape index (κ2) is 8.40. The standard InChI is InChI=1S/C14H19NO3/c1-3-4-8-15-10-12(16)11-18-14-7-5-6-13(9-14)17-2/h5-7,9,12,15-16H,8,10-11H2,1-2H3. The predicted octanol–water partition coefficient (Wildman–Crippen LogP) is 1.05. The molecule has 1 aromatic rings. The third-order valence-corrected chi connectivity index (χ3v) is 2.25. The minimum Gasteiger partial charge on any atom is -0.497 e. The second-order valence-electron chi connectivity index (χ2n) is 3.70. The van der Waals surface area contributed by atoms with Gasteiger partial charge >= 0.3 is 0 Å². The fourth-order valence-corrected chi connectivity index (χ4v) is 1.33. The lowest BCUT2D eigenvalue weighted by Gasteiger charge is -2.12. The molecule has 0 amide bonds. The summed E-state index contributed by atoms with van der Waals surface area (Å²) in [6.07, 6.45) is -0.560. The summed E-state index contributed by atoms with van der Waals surface area (Å²) < 4.78 is 10.5. The van der Waals surface area contributed by atoms with Gasteiger partial charge in [0, 0.05) is 12.6 Å². The van der Waals surface area contributed by atoms with Gasteiger partial charge < -0.3 is 19.9 Å². The number of benzene rings is 1. The van der Waals surface area contributed by atoms with Crippen molar-refractivity contribution in [1.82, 2.24) is 5.32 Å². The zero-order valence-electron chi connectivity index (χ0n) is 10.8. The maximum absolute atomic E-state index is 9.67. The van der Waals surface area contributed by atoms with Crippen molar-refractivity contribution in [1.29, 1.82) is 0 Å². The van der Waals surface area contributed by atoms with Crippen molar-refractivity contribution in [3.63, 3.8) is 0 Å². The van der Waals surface area contributed by atoms with Crippen LogP contribution in [0.15, 0.2) is 24.3 Å². The highest BCUT2D eigenvalue weighted by atomic mass is 16.5. The highest BCUT2D eigenvalue weighted by Crippen LogP contribution is 2.18. The molecular formula is C14H19NO3. The lowest BCUT2D eigenvalue weighted by Crippen LogP contribution is -2.31. The zero-order valence-corrected chi connectivity index (χ0v) is 10.8. The molecule has 0 heterocycles. The Morgan fingerprint density at radius 1 is 1.39 bits per heavy atom. The van der Waals surface area contributed by atoms with Crippen molar-refractivity contribution >= 4 is 0 Å². The van der Waals surface area contributed by atoms with Crippen LogP contribution in [0.3, 0.4) is 0 Å². The summed E-state index contributed by atoms with van der Waals surface area (Å²) in [7, 11) is 1.60. The van der Waals surface area contributed by atoms with Gasteiger partial charge in [-0.3, -0.25) is 0 Å². The van der Waals surface area contributed by atoms with Crippen molar-refractivity contribution in [2.75, 3.05) is 26.8 Å². The molecule has 1 aromatic carbocycles. The molecule has 0 fully saturated rings. The van der Waals surface area contributed by atoms with E-state index in [1.807, 2.05) is 18.2 Å². The van der Waals surface area contributed by atoms with E-state index >= 15 is 0 Å². The quantitative estimate of drug-likeness (QED) is 0.560. The smallest absolute Gasteiger partial charge is 0.123 e. The summed E-state index contributed by atoms with van der Waals surface area (Å²) >= 11 is 0. The molecule has 98 valence electrons. The van der Waals surface area contributed by atoms with Gasteiger partial charge in [-0.1, -0.05) is 12.0 Å². The summed E-state index contributed by atoms with van der Waals surface area (Å²) in [5.41, 5.74) is 0. The molecule has 1 unspecified atom stereocenters. The first-order valence-corrected chi connectivity index (χ1v) is 5.81. The Bertz CT molecular complexity index is 409. The molecule has 1 atom stereocenters. The van der Waals surface area contributed by atoms with Crippen molar-refractivity contribution in [3.8, 4) is 23.3 Å². The SMILES string of the molecule is CC#CCNCC(O)COc1cccc(OC)c1. The fourth-order valence-electron chi connectivity index (χ4n) is 1.33. The number of methoxy groups -OCH3 is 1. The highest BCUT2D eigenvalue weighted by Gasteiger charge is 2.04. The first-order valence-electron chi connectivity index (χ1n) is 5.81. The molecule has 0 bridgehead atoms. The molecule has 2 N–H and O–H groups in total. The Morgan fingerprint density at radius 3 is 2.89 bits per heavy atom. The molecule has 18 heavy (non-hydrogen) atoms. The minimum absolute atomic E-state index is 0.236. The van der Waals surface area contributed by atoms with Crippen LogP contribution < -0.4 is 14.8 Å². The lowest BCUT2D eigenvalue weighted by molar-refractivity contribution is 0.107. The van der Waals surface area contributed by atoms with Crippen LogP contribution >= 0.6 is 0 Å². The van der Waals surface area contributed by atoms with Crippen LogP contribution in [0.25, 0.3) is 0 Å². The first-order chi connectivity index (χ1) is 8.76. The average molecular weight is 249 g/mol. The van der Waals surface area contributed by atoms with Gasteiger partial charge in [-0.15, -0.1) is 5.92 Å². The maximum Gasteiger partial charge on any atom is 0.123 e. The molecule has 0 saturated carbocycles. The van der Waals surface area contributed by atoms with Gasteiger partial charge in [-0.25, -0.2) is 0 Å². The Balaban J connectivity index is 2.27. The van der Waals surface area contributed by atoms with Crippen LogP contribution in [0.4, 0.5) is 0 Å². The Labute approximate surface area is 108 Å². The molecular weight excluding hydrogens is 230 g/mol. The van der Waals surface area contributed by atoms with Gasteiger partial charge in [-0.2, -0.15) is 0 Å². The van der Waals surface area contributed by atoms with Crippen LogP contribution in [0, 0.1) is 11.8 Å². The summed E-state index contributed by atoms with van der Waals surface area (Å²) in [4.78, 5) is 0. The number of rotatable bonds is 7. The van der Waals surface area contributed by atoms with E-state index in [-0.39, 0.29) is 6.61 Å². The Morgan fingerprint density at radius 2 is 2.17 bits per heavy atom. The van der Waals surface area contributed by atoms with Gasteiger partial charge in [0.25, 0.3) is 0 Å². The van der Waals surface area contributed by atoms with E-state index in [1.54, 1.807) is 20.1 Å². The molecule has 0 spiro atoms. The number of nitrogens with one attached hydrogen (secondary N) is 1. The van der Waals surface area contributed by atoms with E-state index in [9.17, 15) is 5.11 Å². The molecule has 0 aliphatic heterocycles. The van der Waals surface area contributed by atoms with E-state index in [4.69, 9.17) is 9.47 Å². The van der Waals surface area contributed by atoms with E-state index < -0.39 is 6.10 Å². The third-order valence-electron chi connectivity index (χ3n) is 2.25. The van der Waals surface area contributed by atoms with Crippen molar-refractivity contribution in [2.24, 2.45) is 0 Å². The van der Waals surface area contributed by atoms with E-state index in [0.29, 0.717) is 18.8 Å². The topological polar surface area (TPSA) is 50.7 Å². The fraction of sp³-hybridized carbons (Fsp3) is 0.429. The van der Waals surface area contributed by atoms with Crippen LogP contribution in [0.5, 0.6) is 11.5 Å². The van der Waals surface area contributed by atoms with Crippen LogP contribution in [0.1, 0.15) is 6.92 Å². The second-order valence-corrected chi connectivity index (χ2v) is 3.70. The number of aliphatic hydroxyl groups is 1. The van der Waals surface area contributed by atoms with Gasteiger partial charge in [0.2, 0.25) is 0 Å². The van der Waals surface area contributed by atoms with Crippen molar-refractivity contribution in [3.05, 3.63) is 24.3 Å². The van der Waals surface area contributed by atoms with Gasteiger partial charge in [-0.05, 0) is 19.1 Å². The summed E-state index contributed by atoms with van der Waals surface area (Å²) in [5, 5.41) is 12.7. The van der Waals surface area contributed by atoms with Gasteiger partial charge in [0.15, 0.2) is 0 Å². The number of aliphatic hydroxyl groups excluding tert-OH is 1. The number of ether oxygens (including phenoxy) is 2. The number of hydrogen-bond donors (Lipinski definition) is 2. The molecule has 0 aliphatic carbocycles. The molecule has 0 aromatic heterocycles. The van der Waals surface area contributed by atoms with Crippen molar-refractivity contribution in [2.45, 2.75) is 13.0 Å². The van der Waals surface area contributed by atoms with E-state index in [2.05, 4.69) is 17.2 Å². The largest absolute Gasteiger partial charge is 0.497 e. The third kappa shape index (κ3) is 5.58. The maximum atomic E-state index is 9.67. The van der Waals surface area contributed by atoms with E-state index in [0.717, 1.165) is 5.75 Å². The number of hydrogen-bond acceptors (Lipinski definition) is 4. The van der Waals surface area contributed by atoms with Gasteiger partial charge in [0.1, 0.15) is 24.2 Å². The van der Waals surface area contributed by atoms with Crippen LogP contribution in [-0.2, 0) is 0 Å².